The average molecular weight is 328 g/mol. The number of ketones is 1. The quantitative estimate of drug-likeness (QED) is 0.486. The van der Waals surface area contributed by atoms with Crippen LogP contribution >= 0.6 is 0 Å². The highest BCUT2D eigenvalue weighted by Crippen LogP contribution is 2.34. The summed E-state index contributed by atoms with van der Waals surface area (Å²) < 4.78 is 0. The SMILES string of the molecule is CCC(C)(CC(=O)c1ccccc1)c1ccc(-c2ccccc2)cc1. The van der Waals surface area contributed by atoms with Crippen LogP contribution in [0.4, 0.5) is 0 Å². The molecular weight excluding hydrogens is 304 g/mol. The van der Waals surface area contributed by atoms with Crippen molar-refractivity contribution in [3.63, 3.8) is 0 Å². The van der Waals surface area contributed by atoms with Crippen LogP contribution in [0, 0.1) is 0 Å². The summed E-state index contributed by atoms with van der Waals surface area (Å²) in [5.41, 5.74) is 4.29. The highest BCUT2D eigenvalue weighted by atomic mass is 16.1. The summed E-state index contributed by atoms with van der Waals surface area (Å²) in [5, 5.41) is 0. The molecule has 0 aliphatic heterocycles. The Morgan fingerprint density at radius 1 is 0.760 bits per heavy atom. The topological polar surface area (TPSA) is 17.1 Å². The van der Waals surface area contributed by atoms with Crippen LogP contribution in [0.1, 0.15) is 42.6 Å². The maximum Gasteiger partial charge on any atom is 0.163 e. The fraction of sp³-hybridized carbons (Fsp3) is 0.208. The number of rotatable bonds is 6. The van der Waals surface area contributed by atoms with E-state index in [-0.39, 0.29) is 11.2 Å². The summed E-state index contributed by atoms with van der Waals surface area (Å²) in [6.07, 6.45) is 1.45. The van der Waals surface area contributed by atoms with E-state index in [9.17, 15) is 4.79 Å². The molecule has 0 N–H and O–H groups in total. The Kier molecular flexibility index (Phi) is 5.14. The molecule has 0 bridgehead atoms. The van der Waals surface area contributed by atoms with Crippen molar-refractivity contribution in [1.29, 1.82) is 0 Å². The van der Waals surface area contributed by atoms with E-state index in [0.717, 1.165) is 12.0 Å². The van der Waals surface area contributed by atoms with Crippen LogP contribution in [0.2, 0.25) is 0 Å². The number of hydrogen-bond acceptors (Lipinski definition) is 1. The van der Waals surface area contributed by atoms with Gasteiger partial charge in [0, 0.05) is 12.0 Å². The summed E-state index contributed by atoms with van der Waals surface area (Å²) in [4.78, 5) is 12.7. The molecule has 0 spiro atoms. The third kappa shape index (κ3) is 3.88. The second-order valence-corrected chi connectivity index (χ2v) is 6.82. The summed E-state index contributed by atoms with van der Waals surface area (Å²) in [7, 11) is 0. The Balaban J connectivity index is 1.83. The van der Waals surface area contributed by atoms with Crippen molar-refractivity contribution >= 4 is 5.78 Å². The molecule has 0 saturated heterocycles. The molecular formula is C24H24O. The second kappa shape index (κ2) is 7.48. The number of Topliss-reactive ketones (excluding diaryl/α,β-unsaturated/α-hetero) is 1. The minimum absolute atomic E-state index is 0.151. The predicted molar refractivity (Wildman–Crippen MR) is 105 cm³/mol. The number of carbonyl (C=O) groups is 1. The van der Waals surface area contributed by atoms with Crippen molar-refractivity contribution in [2.75, 3.05) is 0 Å². The maximum absolute atomic E-state index is 12.7. The third-order valence-corrected chi connectivity index (χ3v) is 5.12. The minimum atomic E-state index is -0.151. The van der Waals surface area contributed by atoms with Gasteiger partial charge in [0.1, 0.15) is 0 Å². The Labute approximate surface area is 150 Å². The molecule has 0 aliphatic rings. The Hall–Kier alpha value is -2.67. The lowest BCUT2D eigenvalue weighted by Gasteiger charge is -2.28. The van der Waals surface area contributed by atoms with Crippen molar-refractivity contribution in [2.24, 2.45) is 0 Å². The van der Waals surface area contributed by atoms with Gasteiger partial charge < -0.3 is 0 Å². The smallest absolute Gasteiger partial charge is 0.163 e. The molecule has 0 radical (unpaired) electrons. The fourth-order valence-corrected chi connectivity index (χ4v) is 3.21. The molecule has 1 nitrogen and oxygen atoms in total. The van der Waals surface area contributed by atoms with E-state index < -0.39 is 0 Å². The van der Waals surface area contributed by atoms with E-state index in [1.807, 2.05) is 36.4 Å². The van der Waals surface area contributed by atoms with E-state index in [2.05, 4.69) is 62.4 Å². The van der Waals surface area contributed by atoms with Crippen LogP contribution in [0.3, 0.4) is 0 Å². The van der Waals surface area contributed by atoms with Gasteiger partial charge >= 0.3 is 0 Å². The average Bonchev–Trinajstić information content (AvgIpc) is 2.69. The molecule has 1 unspecified atom stereocenters. The standard InChI is InChI=1S/C24H24O/c1-3-24(2,18-23(25)21-12-8-5-9-13-21)22-16-14-20(15-17-22)19-10-6-4-7-11-19/h4-17H,3,18H2,1-2H3. The van der Waals surface area contributed by atoms with Crippen molar-refractivity contribution < 1.29 is 4.79 Å². The molecule has 0 aliphatic carbocycles. The predicted octanol–water partition coefficient (Wildman–Crippen LogP) is 6.29. The fourth-order valence-electron chi connectivity index (χ4n) is 3.21. The van der Waals surface area contributed by atoms with Crippen LogP contribution < -0.4 is 0 Å². The first-order valence-corrected chi connectivity index (χ1v) is 8.86. The van der Waals surface area contributed by atoms with Crippen molar-refractivity contribution in [3.05, 3.63) is 96.1 Å². The normalized spacial score (nSPS) is 13.2. The zero-order valence-electron chi connectivity index (χ0n) is 14.9. The van der Waals surface area contributed by atoms with Crippen LogP contribution in [0.15, 0.2) is 84.9 Å². The van der Waals surface area contributed by atoms with Gasteiger partial charge in [0.25, 0.3) is 0 Å². The van der Waals surface area contributed by atoms with Gasteiger partial charge in [-0.3, -0.25) is 4.79 Å². The molecule has 0 amide bonds. The van der Waals surface area contributed by atoms with Gasteiger partial charge in [-0.05, 0) is 28.5 Å². The maximum atomic E-state index is 12.7. The molecule has 126 valence electrons. The Morgan fingerprint density at radius 2 is 1.28 bits per heavy atom. The first kappa shape index (κ1) is 17.2. The number of benzene rings is 3. The molecule has 0 heterocycles. The van der Waals surface area contributed by atoms with E-state index in [1.165, 1.54) is 16.7 Å². The van der Waals surface area contributed by atoms with Gasteiger partial charge in [-0.1, -0.05) is 98.8 Å². The summed E-state index contributed by atoms with van der Waals surface area (Å²) in [5.74, 6) is 0.206. The lowest BCUT2D eigenvalue weighted by Crippen LogP contribution is -2.25. The first-order chi connectivity index (χ1) is 12.1. The molecule has 3 aromatic rings. The molecule has 0 aromatic heterocycles. The van der Waals surface area contributed by atoms with Gasteiger partial charge in [-0.2, -0.15) is 0 Å². The Morgan fingerprint density at radius 3 is 1.84 bits per heavy atom. The largest absolute Gasteiger partial charge is 0.294 e. The number of carbonyl (C=O) groups excluding carboxylic acids is 1. The summed E-state index contributed by atoms with van der Waals surface area (Å²) in [6, 6.07) is 28.6. The van der Waals surface area contributed by atoms with Crippen LogP contribution in [-0.2, 0) is 5.41 Å². The lowest BCUT2D eigenvalue weighted by molar-refractivity contribution is 0.0952. The van der Waals surface area contributed by atoms with E-state index in [0.29, 0.717) is 6.42 Å². The molecule has 0 saturated carbocycles. The molecule has 1 heteroatoms. The number of hydrogen-bond donors (Lipinski definition) is 0. The van der Waals surface area contributed by atoms with Crippen LogP contribution in [0.5, 0.6) is 0 Å². The summed E-state index contributed by atoms with van der Waals surface area (Å²) >= 11 is 0. The monoisotopic (exact) mass is 328 g/mol. The highest BCUT2D eigenvalue weighted by molar-refractivity contribution is 5.96. The lowest BCUT2D eigenvalue weighted by atomic mass is 9.75. The first-order valence-electron chi connectivity index (χ1n) is 8.86. The van der Waals surface area contributed by atoms with Crippen LogP contribution in [-0.4, -0.2) is 5.78 Å². The summed E-state index contributed by atoms with van der Waals surface area (Å²) in [6.45, 7) is 4.34. The van der Waals surface area contributed by atoms with Gasteiger partial charge in [-0.25, -0.2) is 0 Å². The van der Waals surface area contributed by atoms with Crippen molar-refractivity contribution in [3.8, 4) is 11.1 Å². The molecule has 3 aromatic carbocycles. The Bertz CT molecular complexity index is 819. The highest BCUT2D eigenvalue weighted by Gasteiger charge is 2.28. The molecule has 1 atom stereocenters. The van der Waals surface area contributed by atoms with E-state index in [1.54, 1.807) is 0 Å². The third-order valence-electron chi connectivity index (χ3n) is 5.12. The zero-order valence-corrected chi connectivity index (χ0v) is 14.9. The van der Waals surface area contributed by atoms with Crippen molar-refractivity contribution in [2.45, 2.75) is 32.1 Å². The van der Waals surface area contributed by atoms with E-state index >= 15 is 0 Å². The van der Waals surface area contributed by atoms with Crippen molar-refractivity contribution in [1.82, 2.24) is 0 Å². The molecule has 3 rings (SSSR count). The second-order valence-electron chi connectivity index (χ2n) is 6.82. The van der Waals surface area contributed by atoms with Gasteiger partial charge in [0.2, 0.25) is 0 Å². The minimum Gasteiger partial charge on any atom is -0.294 e. The van der Waals surface area contributed by atoms with Gasteiger partial charge in [0.05, 0.1) is 0 Å². The van der Waals surface area contributed by atoms with E-state index in [4.69, 9.17) is 0 Å². The molecule has 25 heavy (non-hydrogen) atoms. The molecule has 0 fully saturated rings. The van der Waals surface area contributed by atoms with Gasteiger partial charge in [0.15, 0.2) is 5.78 Å². The van der Waals surface area contributed by atoms with Crippen LogP contribution in [0.25, 0.3) is 11.1 Å². The van der Waals surface area contributed by atoms with Gasteiger partial charge in [-0.15, -0.1) is 0 Å². The zero-order chi connectivity index (χ0) is 17.7.